The van der Waals surface area contributed by atoms with Crippen molar-refractivity contribution in [1.29, 1.82) is 0 Å². The van der Waals surface area contributed by atoms with E-state index in [0.29, 0.717) is 4.88 Å². The standard InChI is InChI=1S/C15H11NO3S3/c17-11(13-6-3-7-20-13)8-19-14(18)9-21-15-16-10-4-1-2-5-12(10)22-15/h1-7H,8-9H2. The van der Waals surface area contributed by atoms with Gasteiger partial charge in [0.25, 0.3) is 0 Å². The van der Waals surface area contributed by atoms with E-state index in [1.165, 1.54) is 23.1 Å². The number of rotatable bonds is 6. The second-order valence-electron chi connectivity index (χ2n) is 4.30. The fourth-order valence-electron chi connectivity index (χ4n) is 1.73. The number of fused-ring (bicyclic) bond motifs is 1. The average Bonchev–Trinajstić information content (AvgIpc) is 3.19. The number of ketones is 1. The highest BCUT2D eigenvalue weighted by Gasteiger charge is 2.12. The van der Waals surface area contributed by atoms with Crippen LogP contribution in [0.4, 0.5) is 0 Å². The third-order valence-electron chi connectivity index (χ3n) is 2.75. The SMILES string of the molecule is O=C(CSc1nc2ccccc2s1)OCC(=O)c1cccs1. The molecule has 112 valence electrons. The van der Waals surface area contributed by atoms with Gasteiger partial charge in [-0.25, -0.2) is 4.98 Å². The fourth-order valence-corrected chi connectivity index (χ4v) is 4.25. The smallest absolute Gasteiger partial charge is 0.316 e. The molecule has 3 aromatic rings. The number of thioether (sulfide) groups is 1. The molecule has 0 radical (unpaired) electrons. The van der Waals surface area contributed by atoms with E-state index in [-0.39, 0.29) is 18.1 Å². The summed E-state index contributed by atoms with van der Waals surface area (Å²) in [5, 5.41) is 1.82. The van der Waals surface area contributed by atoms with Gasteiger partial charge in [-0.1, -0.05) is 30.0 Å². The predicted octanol–water partition coefficient (Wildman–Crippen LogP) is 3.88. The Morgan fingerprint density at radius 2 is 2.05 bits per heavy atom. The quantitative estimate of drug-likeness (QED) is 0.384. The second-order valence-corrected chi connectivity index (χ2v) is 7.50. The van der Waals surface area contributed by atoms with Gasteiger partial charge in [-0.3, -0.25) is 9.59 Å². The zero-order chi connectivity index (χ0) is 15.4. The van der Waals surface area contributed by atoms with Crippen LogP contribution < -0.4 is 0 Å². The van der Waals surface area contributed by atoms with Crippen molar-refractivity contribution in [2.75, 3.05) is 12.4 Å². The molecule has 0 N–H and O–H groups in total. The lowest BCUT2D eigenvalue weighted by atomic mass is 10.3. The first-order valence-corrected chi connectivity index (χ1v) is 9.11. The molecule has 0 unspecified atom stereocenters. The Bertz CT molecular complexity index is 762. The minimum atomic E-state index is -0.408. The number of para-hydroxylation sites is 1. The van der Waals surface area contributed by atoms with Gasteiger partial charge in [0.1, 0.15) is 0 Å². The molecule has 0 bridgehead atoms. The van der Waals surface area contributed by atoms with Crippen LogP contribution in [0.5, 0.6) is 0 Å². The summed E-state index contributed by atoms with van der Waals surface area (Å²) in [5.74, 6) is -0.431. The van der Waals surface area contributed by atoms with Gasteiger partial charge in [0.2, 0.25) is 5.78 Å². The van der Waals surface area contributed by atoms with E-state index in [1.807, 2.05) is 29.6 Å². The molecule has 0 fully saturated rings. The highest BCUT2D eigenvalue weighted by Crippen LogP contribution is 2.29. The van der Waals surface area contributed by atoms with Crippen LogP contribution in [0.25, 0.3) is 10.2 Å². The van der Waals surface area contributed by atoms with Gasteiger partial charge >= 0.3 is 5.97 Å². The first-order valence-electron chi connectivity index (χ1n) is 6.43. The molecule has 0 aliphatic heterocycles. The van der Waals surface area contributed by atoms with Crippen LogP contribution in [-0.4, -0.2) is 29.1 Å². The van der Waals surface area contributed by atoms with Gasteiger partial charge in [-0.05, 0) is 23.6 Å². The van der Waals surface area contributed by atoms with E-state index in [9.17, 15) is 9.59 Å². The van der Waals surface area contributed by atoms with E-state index in [0.717, 1.165) is 14.6 Å². The maximum Gasteiger partial charge on any atom is 0.316 e. The molecular formula is C15H11NO3S3. The minimum Gasteiger partial charge on any atom is -0.457 e. The number of thiophene rings is 1. The van der Waals surface area contributed by atoms with Gasteiger partial charge < -0.3 is 4.74 Å². The lowest BCUT2D eigenvalue weighted by Gasteiger charge is -2.01. The summed E-state index contributed by atoms with van der Waals surface area (Å²) in [4.78, 5) is 28.4. The first-order chi connectivity index (χ1) is 10.7. The Morgan fingerprint density at radius 1 is 1.18 bits per heavy atom. The number of thiazole rings is 1. The lowest BCUT2D eigenvalue weighted by Crippen LogP contribution is -2.14. The average molecular weight is 349 g/mol. The van der Waals surface area contributed by atoms with Crippen LogP contribution in [0, 0.1) is 0 Å². The molecule has 2 heterocycles. The van der Waals surface area contributed by atoms with Crippen molar-refractivity contribution in [2.24, 2.45) is 0 Å². The fraction of sp³-hybridized carbons (Fsp3) is 0.133. The van der Waals surface area contributed by atoms with E-state index >= 15 is 0 Å². The molecule has 4 nitrogen and oxygen atoms in total. The van der Waals surface area contributed by atoms with Gasteiger partial charge in [0.15, 0.2) is 10.9 Å². The Balaban J connectivity index is 1.49. The number of benzene rings is 1. The van der Waals surface area contributed by atoms with Crippen molar-refractivity contribution in [2.45, 2.75) is 4.34 Å². The summed E-state index contributed by atoms with van der Waals surface area (Å²) < 4.78 is 6.91. The van der Waals surface area contributed by atoms with Crippen LogP contribution in [0.1, 0.15) is 9.67 Å². The summed E-state index contributed by atoms with van der Waals surface area (Å²) >= 11 is 4.21. The monoisotopic (exact) mass is 349 g/mol. The third kappa shape index (κ3) is 3.73. The van der Waals surface area contributed by atoms with Gasteiger partial charge in [0.05, 0.1) is 20.8 Å². The van der Waals surface area contributed by atoms with Crippen LogP contribution in [0.2, 0.25) is 0 Å². The predicted molar refractivity (Wildman–Crippen MR) is 90.0 cm³/mol. The number of hydrogen-bond donors (Lipinski definition) is 0. The molecule has 1 aromatic carbocycles. The number of Topliss-reactive ketones (excluding diaryl/α,β-unsaturated/α-hetero) is 1. The Hall–Kier alpha value is -1.70. The van der Waals surface area contributed by atoms with Crippen molar-refractivity contribution < 1.29 is 14.3 Å². The molecule has 7 heteroatoms. The van der Waals surface area contributed by atoms with Crippen molar-refractivity contribution in [1.82, 2.24) is 4.98 Å². The maximum absolute atomic E-state index is 11.7. The zero-order valence-electron chi connectivity index (χ0n) is 11.4. The molecule has 0 saturated carbocycles. The first kappa shape index (κ1) is 15.2. The topological polar surface area (TPSA) is 56.3 Å². The second kappa shape index (κ2) is 7.04. The largest absolute Gasteiger partial charge is 0.457 e. The van der Waals surface area contributed by atoms with Gasteiger partial charge in [-0.15, -0.1) is 22.7 Å². The molecule has 0 aliphatic carbocycles. The van der Waals surface area contributed by atoms with E-state index in [1.54, 1.807) is 23.5 Å². The highest BCUT2D eigenvalue weighted by molar-refractivity contribution is 8.01. The number of nitrogens with zero attached hydrogens (tertiary/aromatic N) is 1. The number of carbonyl (C=O) groups is 2. The molecule has 0 amide bonds. The molecule has 22 heavy (non-hydrogen) atoms. The molecule has 0 aliphatic rings. The van der Waals surface area contributed by atoms with Crippen LogP contribution >= 0.6 is 34.4 Å². The summed E-state index contributed by atoms with van der Waals surface area (Å²) in [5.41, 5.74) is 0.927. The summed E-state index contributed by atoms with van der Waals surface area (Å²) in [6, 6.07) is 11.3. The van der Waals surface area contributed by atoms with Gasteiger partial charge in [0, 0.05) is 0 Å². The molecule has 0 atom stereocenters. The van der Waals surface area contributed by atoms with Gasteiger partial charge in [-0.2, -0.15) is 0 Å². The number of ether oxygens (including phenoxy) is 1. The Morgan fingerprint density at radius 3 is 2.82 bits per heavy atom. The lowest BCUT2D eigenvalue weighted by molar-refractivity contribution is -0.139. The normalized spacial score (nSPS) is 10.7. The molecule has 0 saturated heterocycles. The Kier molecular flexibility index (Phi) is 4.87. The van der Waals surface area contributed by atoms with Crippen LogP contribution in [-0.2, 0) is 9.53 Å². The summed E-state index contributed by atoms with van der Waals surface area (Å²) in [7, 11) is 0. The number of hydrogen-bond acceptors (Lipinski definition) is 7. The van der Waals surface area contributed by atoms with E-state index in [2.05, 4.69) is 4.98 Å². The molecule has 0 spiro atoms. The van der Waals surface area contributed by atoms with Crippen molar-refractivity contribution >= 4 is 56.4 Å². The molecule has 3 rings (SSSR count). The van der Waals surface area contributed by atoms with Crippen LogP contribution in [0.3, 0.4) is 0 Å². The number of carbonyl (C=O) groups excluding carboxylic acids is 2. The third-order valence-corrected chi connectivity index (χ3v) is 5.81. The summed E-state index contributed by atoms with van der Waals surface area (Å²) in [6.45, 7) is -0.209. The Labute approximate surface area is 139 Å². The van der Waals surface area contributed by atoms with Crippen LogP contribution in [0.15, 0.2) is 46.1 Å². The highest BCUT2D eigenvalue weighted by atomic mass is 32.2. The zero-order valence-corrected chi connectivity index (χ0v) is 13.8. The van der Waals surface area contributed by atoms with Crippen molar-refractivity contribution in [3.05, 3.63) is 46.7 Å². The number of esters is 1. The van der Waals surface area contributed by atoms with Crippen molar-refractivity contribution in [3.63, 3.8) is 0 Å². The maximum atomic E-state index is 11.7. The molecule has 2 aromatic heterocycles. The van der Waals surface area contributed by atoms with E-state index < -0.39 is 5.97 Å². The van der Waals surface area contributed by atoms with E-state index in [4.69, 9.17) is 4.74 Å². The summed E-state index contributed by atoms with van der Waals surface area (Å²) in [6.07, 6.45) is 0. The van der Waals surface area contributed by atoms with Crippen molar-refractivity contribution in [3.8, 4) is 0 Å². The minimum absolute atomic E-state index is 0.150. The number of aromatic nitrogens is 1. The molecular weight excluding hydrogens is 338 g/mol.